The van der Waals surface area contributed by atoms with Crippen molar-refractivity contribution in [3.63, 3.8) is 0 Å². The van der Waals surface area contributed by atoms with E-state index in [2.05, 4.69) is 16.9 Å². The van der Waals surface area contributed by atoms with Crippen molar-refractivity contribution in [2.45, 2.75) is 23.6 Å². The number of carbonyl (C=O) groups excluding carboxylic acids is 1. The fourth-order valence-corrected chi connectivity index (χ4v) is 6.01. The van der Waals surface area contributed by atoms with E-state index in [1.807, 2.05) is 25.1 Å². The third kappa shape index (κ3) is 3.87. The van der Waals surface area contributed by atoms with Gasteiger partial charge in [-0.05, 0) is 42.7 Å². The predicted octanol–water partition coefficient (Wildman–Crippen LogP) is 2.51. The molecule has 3 rings (SSSR count). The highest BCUT2D eigenvalue weighted by molar-refractivity contribution is 7.91. The first-order chi connectivity index (χ1) is 12.4. The van der Waals surface area contributed by atoms with Crippen LogP contribution in [0.15, 0.2) is 53.4 Å². The smallest absolute Gasteiger partial charge is 0.252 e. The van der Waals surface area contributed by atoms with Crippen LogP contribution >= 0.6 is 11.3 Å². The summed E-state index contributed by atoms with van der Waals surface area (Å²) in [5, 5.41) is 2.87. The Hall–Kier alpha value is -2.03. The lowest BCUT2D eigenvalue weighted by Gasteiger charge is -2.36. The number of carbonyl (C=O) groups is 1. The molecule has 1 amide bonds. The second kappa shape index (κ2) is 7.69. The van der Waals surface area contributed by atoms with E-state index in [9.17, 15) is 13.2 Å². The molecule has 26 heavy (non-hydrogen) atoms. The van der Waals surface area contributed by atoms with Crippen LogP contribution in [-0.2, 0) is 14.8 Å². The van der Waals surface area contributed by atoms with Crippen LogP contribution in [-0.4, -0.2) is 42.7 Å². The van der Waals surface area contributed by atoms with E-state index in [0.717, 1.165) is 10.6 Å². The third-order valence-corrected chi connectivity index (χ3v) is 7.91. The Bertz CT molecular complexity index is 893. The van der Waals surface area contributed by atoms with Gasteiger partial charge in [0.15, 0.2) is 0 Å². The maximum atomic E-state index is 13.0. The number of sulfonamides is 1. The van der Waals surface area contributed by atoms with Gasteiger partial charge in [0, 0.05) is 25.3 Å². The lowest BCUT2D eigenvalue weighted by molar-refractivity contribution is -0.117. The van der Waals surface area contributed by atoms with Gasteiger partial charge in [0.2, 0.25) is 5.91 Å². The van der Waals surface area contributed by atoms with Gasteiger partial charge in [0.1, 0.15) is 4.21 Å². The van der Waals surface area contributed by atoms with E-state index in [1.54, 1.807) is 18.3 Å². The van der Waals surface area contributed by atoms with Crippen molar-refractivity contribution < 1.29 is 13.2 Å². The lowest BCUT2D eigenvalue weighted by Crippen LogP contribution is -2.51. The highest BCUT2D eigenvalue weighted by Crippen LogP contribution is 2.32. The number of rotatable bonds is 5. The van der Waals surface area contributed by atoms with Gasteiger partial charge in [0.05, 0.1) is 10.6 Å². The summed E-state index contributed by atoms with van der Waals surface area (Å²) in [6, 6.07) is 8.95. The van der Waals surface area contributed by atoms with Gasteiger partial charge in [-0.2, -0.15) is 4.31 Å². The molecule has 0 spiro atoms. The highest BCUT2D eigenvalue weighted by Gasteiger charge is 2.34. The van der Waals surface area contributed by atoms with Gasteiger partial charge >= 0.3 is 0 Å². The van der Waals surface area contributed by atoms with E-state index in [-0.39, 0.29) is 17.9 Å². The Labute approximate surface area is 157 Å². The molecule has 2 aromatic heterocycles. The molecule has 1 saturated heterocycles. The number of nitrogens with one attached hydrogen (secondary N) is 1. The summed E-state index contributed by atoms with van der Waals surface area (Å²) in [6.07, 6.45) is 3.51. The average Bonchev–Trinajstić information content (AvgIpc) is 3.15. The third-order valence-electron chi connectivity index (χ3n) is 4.47. The van der Waals surface area contributed by atoms with Crippen LogP contribution < -0.4 is 5.32 Å². The van der Waals surface area contributed by atoms with Crippen molar-refractivity contribution in [1.82, 2.24) is 14.6 Å². The molecular formula is C18H21N3O3S2. The molecule has 3 heterocycles. The molecule has 138 valence electrons. The Morgan fingerprint density at radius 1 is 1.38 bits per heavy atom. The molecule has 8 heteroatoms. The predicted molar refractivity (Wildman–Crippen MR) is 102 cm³/mol. The largest absolute Gasteiger partial charge is 0.349 e. The van der Waals surface area contributed by atoms with E-state index >= 15 is 0 Å². The molecule has 2 unspecified atom stereocenters. The minimum Gasteiger partial charge on any atom is -0.349 e. The molecule has 6 nitrogen and oxygen atoms in total. The number of pyridine rings is 1. The number of hydrogen-bond donors (Lipinski definition) is 1. The van der Waals surface area contributed by atoms with Gasteiger partial charge in [0.25, 0.3) is 10.0 Å². The normalized spacial score (nSPS) is 21.3. The molecule has 0 aliphatic carbocycles. The molecule has 1 N–H and O–H groups in total. The van der Waals surface area contributed by atoms with Crippen molar-refractivity contribution in [3.05, 3.63) is 49.2 Å². The Balaban J connectivity index is 1.74. The van der Waals surface area contributed by atoms with Crippen LogP contribution in [0.25, 0.3) is 10.6 Å². The van der Waals surface area contributed by atoms with E-state index < -0.39 is 10.0 Å². The van der Waals surface area contributed by atoms with Crippen LogP contribution in [0.2, 0.25) is 0 Å². The van der Waals surface area contributed by atoms with Crippen molar-refractivity contribution in [2.24, 2.45) is 5.92 Å². The number of thiophene rings is 1. The quantitative estimate of drug-likeness (QED) is 0.795. The second-order valence-electron chi connectivity index (χ2n) is 6.28. The summed E-state index contributed by atoms with van der Waals surface area (Å²) in [7, 11) is -3.55. The molecule has 1 aliphatic heterocycles. The Kier molecular flexibility index (Phi) is 5.55. The first-order valence-corrected chi connectivity index (χ1v) is 10.6. The summed E-state index contributed by atoms with van der Waals surface area (Å²) in [6.45, 7) is 6.15. The minimum atomic E-state index is -3.55. The zero-order valence-electron chi connectivity index (χ0n) is 14.5. The highest BCUT2D eigenvalue weighted by atomic mass is 32.2. The Morgan fingerprint density at radius 3 is 2.85 bits per heavy atom. The van der Waals surface area contributed by atoms with E-state index in [1.165, 1.54) is 21.7 Å². The topological polar surface area (TPSA) is 79.4 Å². The van der Waals surface area contributed by atoms with E-state index in [4.69, 9.17) is 0 Å². The minimum absolute atomic E-state index is 0.0256. The van der Waals surface area contributed by atoms with Crippen LogP contribution in [0.3, 0.4) is 0 Å². The number of amides is 1. The van der Waals surface area contributed by atoms with Gasteiger partial charge < -0.3 is 5.32 Å². The van der Waals surface area contributed by atoms with Gasteiger partial charge in [-0.3, -0.25) is 9.78 Å². The van der Waals surface area contributed by atoms with Gasteiger partial charge in [-0.25, -0.2) is 8.42 Å². The first kappa shape index (κ1) is 18.8. The number of aromatic nitrogens is 1. The lowest BCUT2D eigenvalue weighted by atomic mass is 9.95. The molecule has 2 aromatic rings. The van der Waals surface area contributed by atoms with Crippen LogP contribution in [0.5, 0.6) is 0 Å². The molecule has 0 saturated carbocycles. The van der Waals surface area contributed by atoms with E-state index in [0.29, 0.717) is 23.7 Å². The molecule has 0 radical (unpaired) electrons. The summed E-state index contributed by atoms with van der Waals surface area (Å²) >= 11 is 1.23. The number of hydrogen-bond acceptors (Lipinski definition) is 5. The van der Waals surface area contributed by atoms with Crippen molar-refractivity contribution in [2.75, 3.05) is 13.1 Å². The molecule has 1 fully saturated rings. The van der Waals surface area contributed by atoms with Gasteiger partial charge in [-0.1, -0.05) is 19.6 Å². The van der Waals surface area contributed by atoms with Gasteiger partial charge in [-0.15, -0.1) is 11.3 Å². The zero-order chi connectivity index (χ0) is 18.7. The van der Waals surface area contributed by atoms with Crippen molar-refractivity contribution in [3.8, 4) is 10.6 Å². The van der Waals surface area contributed by atoms with Crippen LogP contribution in [0.4, 0.5) is 0 Å². The first-order valence-electron chi connectivity index (χ1n) is 8.36. The van der Waals surface area contributed by atoms with Crippen molar-refractivity contribution >= 4 is 27.3 Å². The molecular weight excluding hydrogens is 370 g/mol. The summed E-state index contributed by atoms with van der Waals surface area (Å²) in [4.78, 5) is 16.6. The summed E-state index contributed by atoms with van der Waals surface area (Å²) in [5.41, 5.74) is 0.762. The van der Waals surface area contributed by atoms with Crippen LogP contribution in [0, 0.1) is 5.92 Å². The standard InChI is InChI=1S/C18H21N3O3S2/c1-3-17(22)20-14-9-11-21(12-13(14)2)26(23,24)18-8-7-16(25-18)15-6-4-5-10-19-15/h3-8,10,13-14H,1,9,11-12H2,2H3,(H,20,22). The SMILES string of the molecule is C=CC(=O)NC1CCN(S(=O)(=O)c2ccc(-c3ccccn3)s2)CC1C. The summed E-state index contributed by atoms with van der Waals surface area (Å²) in [5.74, 6) is -0.200. The fraction of sp³-hybridized carbons (Fsp3) is 0.333. The summed E-state index contributed by atoms with van der Waals surface area (Å²) < 4.78 is 27.8. The van der Waals surface area contributed by atoms with Crippen LogP contribution in [0.1, 0.15) is 13.3 Å². The molecule has 2 atom stereocenters. The maximum absolute atomic E-state index is 13.0. The molecule has 0 aromatic carbocycles. The number of nitrogens with zero attached hydrogens (tertiary/aromatic N) is 2. The average molecular weight is 392 g/mol. The molecule has 1 aliphatic rings. The monoisotopic (exact) mass is 391 g/mol. The fourth-order valence-electron chi connectivity index (χ4n) is 3.01. The zero-order valence-corrected chi connectivity index (χ0v) is 16.1. The maximum Gasteiger partial charge on any atom is 0.252 e. The molecule has 0 bridgehead atoms. The Morgan fingerprint density at radius 2 is 2.19 bits per heavy atom. The van der Waals surface area contributed by atoms with Crippen molar-refractivity contribution in [1.29, 1.82) is 0 Å². The second-order valence-corrected chi connectivity index (χ2v) is 9.53. The number of piperidine rings is 1.